The Morgan fingerprint density at radius 2 is 2.04 bits per heavy atom. The van der Waals surface area contributed by atoms with Crippen LogP contribution in [0.2, 0.25) is 0 Å². The summed E-state index contributed by atoms with van der Waals surface area (Å²) in [4.78, 5) is 48.4. The molecule has 18 nitrogen and oxygen atoms in total. The van der Waals surface area contributed by atoms with Gasteiger partial charge in [0.2, 0.25) is 0 Å². The summed E-state index contributed by atoms with van der Waals surface area (Å²) in [6.07, 6.45) is 2.75. The van der Waals surface area contributed by atoms with Crippen molar-refractivity contribution >= 4 is 56.2 Å². The molecule has 0 bridgehead atoms. The molecule has 1 spiro atoms. The van der Waals surface area contributed by atoms with Crippen LogP contribution in [0.5, 0.6) is 5.75 Å². The molecule has 20 heteroatoms. The van der Waals surface area contributed by atoms with Crippen LogP contribution < -0.4 is 26.4 Å². The summed E-state index contributed by atoms with van der Waals surface area (Å²) in [5.74, 6) is -2.70. The molecule has 8 N–H and O–H groups in total. The minimum Gasteiger partial charge on any atom is -0.485 e. The van der Waals surface area contributed by atoms with Crippen molar-refractivity contribution in [3.63, 3.8) is 0 Å². The highest BCUT2D eigenvalue weighted by Crippen LogP contribution is 2.45. The van der Waals surface area contributed by atoms with Gasteiger partial charge in [0.05, 0.1) is 5.54 Å². The van der Waals surface area contributed by atoms with Crippen molar-refractivity contribution in [2.24, 2.45) is 10.6 Å². The first-order chi connectivity index (χ1) is 23.4. The molecular formula is C30H38N8O10S2. The van der Waals surface area contributed by atoms with Crippen LogP contribution in [0.1, 0.15) is 63.3 Å². The topological polar surface area (TPSA) is 268 Å². The number of rotatable bonds is 11. The number of nitrogens with one attached hydrogen (secondary N) is 4. The second kappa shape index (κ2) is 12.7. The van der Waals surface area contributed by atoms with E-state index in [9.17, 15) is 27.9 Å². The Morgan fingerprint density at radius 3 is 2.64 bits per heavy atom. The highest BCUT2D eigenvalue weighted by molar-refractivity contribution is 7.80. The van der Waals surface area contributed by atoms with E-state index in [2.05, 4.69) is 30.4 Å². The SMILES string of the molecule is CC(ON=C(C(=O)NC1C(=O)N(OS(=O)(=O)O)C1(C)C)c1csc(N)n1)(C(=O)O)C1CCc2cc(C(=N)NC3CC4(CCNC4)C3)ccc2O1. The zero-order valence-corrected chi connectivity index (χ0v) is 29.0. The number of carbonyl (C=O) groups is 3. The third kappa shape index (κ3) is 6.72. The van der Waals surface area contributed by atoms with Gasteiger partial charge < -0.3 is 36.4 Å². The van der Waals surface area contributed by atoms with Gasteiger partial charge in [0.25, 0.3) is 17.4 Å². The second-order valence-electron chi connectivity index (χ2n) is 13.7. The first-order valence-electron chi connectivity index (χ1n) is 15.8. The Balaban J connectivity index is 1.16. The van der Waals surface area contributed by atoms with E-state index in [-0.39, 0.29) is 23.3 Å². The molecule has 1 aromatic carbocycles. The number of oxime groups is 1. The lowest BCUT2D eigenvalue weighted by Crippen LogP contribution is -2.76. The zero-order valence-electron chi connectivity index (χ0n) is 27.4. The number of aliphatic carboxylic acids is 1. The van der Waals surface area contributed by atoms with Crippen molar-refractivity contribution < 1.29 is 46.3 Å². The highest BCUT2D eigenvalue weighted by atomic mass is 32.3. The predicted molar refractivity (Wildman–Crippen MR) is 178 cm³/mol. The van der Waals surface area contributed by atoms with Crippen LogP contribution in [0.4, 0.5) is 5.13 Å². The molecule has 0 radical (unpaired) electrons. The average Bonchev–Trinajstić information content (AvgIpc) is 3.70. The maximum Gasteiger partial charge on any atom is 0.418 e. The van der Waals surface area contributed by atoms with Crippen LogP contribution in [0.15, 0.2) is 28.7 Å². The molecule has 270 valence electrons. The monoisotopic (exact) mass is 734 g/mol. The lowest BCUT2D eigenvalue weighted by atomic mass is 9.65. The van der Waals surface area contributed by atoms with E-state index in [1.54, 1.807) is 12.1 Å². The first kappa shape index (κ1) is 35.5. The molecule has 1 aromatic heterocycles. The number of benzene rings is 1. The number of amides is 2. The normalized spacial score (nSPS) is 26.9. The molecule has 2 amide bonds. The molecule has 1 aliphatic carbocycles. The van der Waals surface area contributed by atoms with Gasteiger partial charge in [0.1, 0.15) is 23.3 Å². The van der Waals surface area contributed by atoms with Crippen molar-refractivity contribution in [2.75, 3.05) is 18.8 Å². The molecule has 4 aliphatic rings. The molecule has 3 fully saturated rings. The van der Waals surface area contributed by atoms with Crippen LogP contribution >= 0.6 is 11.3 Å². The molecule has 1 saturated carbocycles. The molecule has 2 saturated heterocycles. The van der Waals surface area contributed by atoms with Crippen LogP contribution in [0, 0.1) is 10.8 Å². The lowest BCUT2D eigenvalue weighted by molar-refractivity contribution is -0.218. The summed E-state index contributed by atoms with van der Waals surface area (Å²) in [5, 5.41) is 33.8. The summed E-state index contributed by atoms with van der Waals surface area (Å²) in [7, 11) is -5.03. The van der Waals surface area contributed by atoms with Crippen molar-refractivity contribution in [1.82, 2.24) is 26.0 Å². The molecule has 3 aliphatic heterocycles. The Morgan fingerprint density at radius 1 is 1.30 bits per heavy atom. The van der Waals surface area contributed by atoms with Crippen molar-refractivity contribution in [3.8, 4) is 5.75 Å². The van der Waals surface area contributed by atoms with Crippen molar-refractivity contribution in [3.05, 3.63) is 40.4 Å². The van der Waals surface area contributed by atoms with Gasteiger partial charge in [-0.15, -0.1) is 15.6 Å². The van der Waals surface area contributed by atoms with E-state index >= 15 is 0 Å². The van der Waals surface area contributed by atoms with E-state index in [4.69, 9.17) is 25.3 Å². The Labute approximate surface area is 291 Å². The number of hydrogen-bond acceptors (Lipinski definition) is 14. The molecule has 2 aromatic rings. The summed E-state index contributed by atoms with van der Waals surface area (Å²) in [5.41, 5.74) is 3.45. The maximum absolute atomic E-state index is 13.5. The number of carbonyl (C=O) groups excluding carboxylic acids is 2. The van der Waals surface area contributed by atoms with E-state index in [1.165, 1.54) is 26.2 Å². The van der Waals surface area contributed by atoms with E-state index in [0.29, 0.717) is 34.0 Å². The van der Waals surface area contributed by atoms with Crippen molar-refractivity contribution in [2.45, 2.75) is 82.2 Å². The number of hydrogen-bond donors (Lipinski definition) is 7. The van der Waals surface area contributed by atoms with Gasteiger partial charge in [-0.05, 0) is 88.6 Å². The summed E-state index contributed by atoms with van der Waals surface area (Å²) in [6.45, 7) is 6.05. The van der Waals surface area contributed by atoms with Crippen molar-refractivity contribution in [1.29, 1.82) is 5.41 Å². The van der Waals surface area contributed by atoms with Gasteiger partial charge >= 0.3 is 16.4 Å². The molecule has 50 heavy (non-hydrogen) atoms. The van der Waals surface area contributed by atoms with Crippen LogP contribution in [0.25, 0.3) is 0 Å². The van der Waals surface area contributed by atoms with Gasteiger partial charge in [0, 0.05) is 23.5 Å². The minimum absolute atomic E-state index is 0.0619. The smallest absolute Gasteiger partial charge is 0.418 e. The number of carboxylic acid groups (broad SMARTS) is 1. The number of nitrogens with zero attached hydrogens (tertiary/aromatic N) is 3. The first-order valence-corrected chi connectivity index (χ1v) is 18.0. The second-order valence-corrected chi connectivity index (χ2v) is 15.6. The molecule has 6 rings (SSSR count). The number of aryl methyl sites for hydroxylation is 1. The third-order valence-electron chi connectivity index (χ3n) is 9.80. The minimum atomic E-state index is -5.03. The Hall–Kier alpha value is -4.37. The number of fused-ring (bicyclic) bond motifs is 1. The van der Waals surface area contributed by atoms with E-state index in [0.717, 1.165) is 49.3 Å². The molecular weight excluding hydrogens is 697 g/mol. The number of aromatic nitrogens is 1. The fraction of sp³-hybridized carbons (Fsp3) is 0.533. The number of hydroxylamine groups is 2. The third-order valence-corrected chi connectivity index (χ3v) is 10.8. The lowest BCUT2D eigenvalue weighted by Gasteiger charge is -2.50. The highest BCUT2D eigenvalue weighted by Gasteiger charge is 2.58. The fourth-order valence-electron chi connectivity index (χ4n) is 6.85. The number of thiazole rings is 1. The largest absolute Gasteiger partial charge is 0.485 e. The number of nitrogen functional groups attached to an aromatic ring is 1. The van der Waals surface area contributed by atoms with Gasteiger partial charge in [-0.3, -0.25) is 19.6 Å². The Kier molecular flexibility index (Phi) is 9.04. The standard InChI is InChI=1S/C30H38N8O10S2/c1-28(2)22(25(40)38(28)48-50(43,44)45)36-24(39)21(18-13-49-27(32)35-18)37-47-29(3,26(41)42)20-7-5-15-10-16(4-6-19(15)46-20)23(31)34-17-11-30(12-17)8-9-33-14-30/h4,6,10,13,17,20,22,33H,5,7-9,11-12,14H2,1-3H3,(H2,31,34)(H2,32,35)(H,36,39)(H,41,42)(H,43,44,45). The summed E-state index contributed by atoms with van der Waals surface area (Å²) >= 11 is 0.968. The average molecular weight is 735 g/mol. The predicted octanol–water partition coefficient (Wildman–Crippen LogP) is 0.580. The van der Waals surface area contributed by atoms with Gasteiger partial charge in [-0.2, -0.15) is 13.5 Å². The van der Waals surface area contributed by atoms with Gasteiger partial charge in [-0.25, -0.2) is 9.78 Å². The number of β-lactam (4-membered cyclic amide) rings is 1. The molecule has 3 unspecified atom stereocenters. The summed E-state index contributed by atoms with van der Waals surface area (Å²) < 4.78 is 41.8. The molecule has 3 atom stereocenters. The van der Waals surface area contributed by atoms with Crippen LogP contribution in [-0.4, -0.2) is 99.9 Å². The molecule has 4 heterocycles. The van der Waals surface area contributed by atoms with Gasteiger partial charge in [-0.1, -0.05) is 5.16 Å². The zero-order chi connectivity index (χ0) is 36.2. The van der Waals surface area contributed by atoms with E-state index in [1.807, 2.05) is 6.07 Å². The fourth-order valence-corrected chi connectivity index (χ4v) is 7.85. The van der Waals surface area contributed by atoms with Crippen LogP contribution in [0.3, 0.4) is 0 Å². The van der Waals surface area contributed by atoms with Gasteiger partial charge in [0.15, 0.2) is 16.9 Å². The number of anilines is 1. The van der Waals surface area contributed by atoms with E-state index < -0.39 is 57.2 Å². The number of nitrogens with two attached hydrogens (primary N) is 1. The number of amidine groups is 1. The van der Waals surface area contributed by atoms with Crippen LogP contribution in [-0.2, 0) is 40.3 Å². The quantitative estimate of drug-likeness (QED) is 0.0548. The Bertz CT molecular complexity index is 1870. The maximum atomic E-state index is 13.5. The summed E-state index contributed by atoms with van der Waals surface area (Å²) in [6, 6.07) is 4.18. The number of carboxylic acids is 1. The number of ether oxygens (including phenoxy) is 1.